The second-order valence-corrected chi connectivity index (χ2v) is 15.6. The van der Waals surface area contributed by atoms with Crippen LogP contribution in [0.25, 0.3) is 111 Å². The Morgan fingerprint density at radius 1 is 0.290 bits per heavy atom. The molecule has 0 atom stereocenters. The fourth-order valence-electron chi connectivity index (χ4n) is 9.12. The summed E-state index contributed by atoms with van der Waals surface area (Å²) in [5, 5.41) is 4.83. The molecule has 0 spiro atoms. The lowest BCUT2D eigenvalue weighted by molar-refractivity contribution is 1.07. The molecule has 290 valence electrons. The molecule has 0 aliphatic heterocycles. The molecule has 9 aromatic carbocycles. The molecule has 62 heavy (non-hydrogen) atoms. The van der Waals surface area contributed by atoms with Crippen molar-refractivity contribution >= 4 is 43.6 Å². The van der Waals surface area contributed by atoms with Crippen LogP contribution in [-0.4, -0.2) is 24.1 Å². The Labute approximate surface area is 358 Å². The highest BCUT2D eigenvalue weighted by Gasteiger charge is 2.23. The van der Waals surface area contributed by atoms with Gasteiger partial charge in [0.1, 0.15) is 0 Å². The fourth-order valence-corrected chi connectivity index (χ4v) is 9.12. The van der Waals surface area contributed by atoms with Crippen molar-refractivity contribution in [2.45, 2.75) is 0 Å². The summed E-state index contributed by atoms with van der Waals surface area (Å²) in [7, 11) is 0. The van der Waals surface area contributed by atoms with Crippen molar-refractivity contribution in [1.29, 1.82) is 0 Å². The highest BCUT2D eigenvalue weighted by Crippen LogP contribution is 2.44. The lowest BCUT2D eigenvalue weighted by Gasteiger charge is -2.16. The first-order valence-electron chi connectivity index (χ1n) is 21.0. The van der Waals surface area contributed by atoms with Crippen LogP contribution in [0, 0.1) is 0 Å². The molecule has 12 aromatic rings. The molecule has 3 heterocycles. The van der Waals surface area contributed by atoms with Gasteiger partial charge in [0, 0.05) is 49.5 Å². The molecule has 0 aliphatic rings. The lowest BCUT2D eigenvalue weighted by atomic mass is 9.97. The summed E-state index contributed by atoms with van der Waals surface area (Å²) in [6, 6.07) is 79.4. The topological polar surface area (TPSA) is 48.5 Å². The van der Waals surface area contributed by atoms with E-state index in [0.29, 0.717) is 17.5 Å². The van der Waals surface area contributed by atoms with Crippen LogP contribution >= 0.6 is 0 Å². The maximum atomic E-state index is 5.02. The standard InChI is InChI=1S/C57H37N5/c1-5-17-38(18-6-1)43-31-35-51(48(37-43)39-19-7-2-8-20-39)62-50-28-16-14-26-47(50)53-52(62)36-34-46-45-25-13-15-27-49(45)61(54(46)53)44-32-29-42(30-33-44)57-59-55(40-21-9-3-10-22-40)58-56(60-57)41-23-11-4-12-24-41/h1-37H. The van der Waals surface area contributed by atoms with Crippen LogP contribution in [0.2, 0.25) is 0 Å². The average Bonchev–Trinajstić information content (AvgIpc) is 3.88. The van der Waals surface area contributed by atoms with Crippen LogP contribution < -0.4 is 0 Å². The Bertz CT molecular complexity index is 3540. The third-order valence-corrected chi connectivity index (χ3v) is 12.0. The van der Waals surface area contributed by atoms with Crippen LogP contribution in [0.5, 0.6) is 0 Å². The molecule has 0 saturated heterocycles. The van der Waals surface area contributed by atoms with Gasteiger partial charge in [0.15, 0.2) is 17.5 Å². The zero-order valence-electron chi connectivity index (χ0n) is 33.6. The molecular formula is C57H37N5. The van der Waals surface area contributed by atoms with E-state index in [0.717, 1.165) is 44.6 Å². The minimum atomic E-state index is 0.629. The zero-order valence-corrected chi connectivity index (χ0v) is 33.6. The van der Waals surface area contributed by atoms with Crippen LogP contribution in [0.4, 0.5) is 0 Å². The van der Waals surface area contributed by atoms with Crippen molar-refractivity contribution in [3.8, 4) is 67.8 Å². The number of nitrogens with zero attached hydrogens (tertiary/aromatic N) is 5. The van der Waals surface area contributed by atoms with Crippen molar-refractivity contribution in [3.05, 3.63) is 224 Å². The average molecular weight is 792 g/mol. The van der Waals surface area contributed by atoms with Crippen LogP contribution in [0.3, 0.4) is 0 Å². The van der Waals surface area contributed by atoms with Gasteiger partial charge >= 0.3 is 0 Å². The SMILES string of the molecule is c1ccc(-c2ccc(-n3c4ccccc4c4c3ccc3c5ccccc5n(-c5ccc(-c6nc(-c7ccccc7)nc(-c7ccccc7)n6)cc5)c34)c(-c3ccccc3)c2)cc1. The number of fused-ring (bicyclic) bond motifs is 7. The van der Waals surface area contributed by atoms with Gasteiger partial charge in [0.2, 0.25) is 0 Å². The number of para-hydroxylation sites is 2. The molecule has 0 amide bonds. The van der Waals surface area contributed by atoms with Crippen molar-refractivity contribution in [2.24, 2.45) is 0 Å². The monoisotopic (exact) mass is 791 g/mol. The summed E-state index contributed by atoms with van der Waals surface area (Å²) in [6.07, 6.45) is 0. The van der Waals surface area contributed by atoms with E-state index in [1.165, 1.54) is 49.3 Å². The highest BCUT2D eigenvalue weighted by molar-refractivity contribution is 6.26. The minimum absolute atomic E-state index is 0.629. The Balaban J connectivity index is 1.07. The molecule has 0 fully saturated rings. The van der Waals surface area contributed by atoms with Gasteiger partial charge < -0.3 is 9.13 Å². The minimum Gasteiger partial charge on any atom is -0.309 e. The maximum absolute atomic E-state index is 5.02. The molecule has 3 aromatic heterocycles. The number of hydrogen-bond donors (Lipinski definition) is 0. The summed E-state index contributed by atoms with van der Waals surface area (Å²) in [5.41, 5.74) is 14.4. The van der Waals surface area contributed by atoms with E-state index in [9.17, 15) is 0 Å². The van der Waals surface area contributed by atoms with Crippen molar-refractivity contribution < 1.29 is 0 Å². The van der Waals surface area contributed by atoms with Gasteiger partial charge in [-0.2, -0.15) is 0 Å². The molecule has 0 N–H and O–H groups in total. The van der Waals surface area contributed by atoms with Gasteiger partial charge in [-0.1, -0.05) is 170 Å². The third-order valence-electron chi connectivity index (χ3n) is 12.0. The van der Waals surface area contributed by atoms with E-state index >= 15 is 0 Å². The summed E-state index contributed by atoms with van der Waals surface area (Å²) in [4.78, 5) is 15.0. The molecule has 12 rings (SSSR count). The van der Waals surface area contributed by atoms with E-state index in [1.807, 2.05) is 60.7 Å². The Kier molecular flexibility index (Phi) is 8.42. The number of rotatable bonds is 7. The number of benzene rings is 9. The zero-order chi connectivity index (χ0) is 41.0. The molecule has 5 heteroatoms. The van der Waals surface area contributed by atoms with E-state index in [-0.39, 0.29) is 0 Å². The van der Waals surface area contributed by atoms with Gasteiger partial charge in [0.25, 0.3) is 0 Å². The smallest absolute Gasteiger partial charge is 0.164 e. The first kappa shape index (κ1) is 35.5. The Morgan fingerprint density at radius 2 is 0.758 bits per heavy atom. The third kappa shape index (κ3) is 5.90. The lowest BCUT2D eigenvalue weighted by Crippen LogP contribution is -2.00. The summed E-state index contributed by atoms with van der Waals surface area (Å²) in [5.74, 6) is 1.92. The molecular weight excluding hydrogens is 755 g/mol. The predicted molar refractivity (Wildman–Crippen MR) is 256 cm³/mol. The van der Waals surface area contributed by atoms with Crippen molar-refractivity contribution in [3.63, 3.8) is 0 Å². The molecule has 5 nitrogen and oxygen atoms in total. The first-order chi connectivity index (χ1) is 30.8. The van der Waals surface area contributed by atoms with Gasteiger partial charge in [0.05, 0.1) is 27.8 Å². The molecule has 0 unspecified atom stereocenters. The fraction of sp³-hybridized carbons (Fsp3) is 0. The predicted octanol–water partition coefficient (Wildman–Crippen LogP) is 14.4. The van der Waals surface area contributed by atoms with Crippen molar-refractivity contribution in [2.75, 3.05) is 0 Å². The quantitative estimate of drug-likeness (QED) is 0.162. The molecule has 0 radical (unpaired) electrons. The van der Waals surface area contributed by atoms with E-state index in [1.54, 1.807) is 0 Å². The van der Waals surface area contributed by atoms with Gasteiger partial charge in [-0.15, -0.1) is 0 Å². The van der Waals surface area contributed by atoms with Gasteiger partial charge in [-0.3, -0.25) is 0 Å². The van der Waals surface area contributed by atoms with Crippen LogP contribution in [0.15, 0.2) is 224 Å². The Hall–Kier alpha value is -8.41. The van der Waals surface area contributed by atoms with Gasteiger partial charge in [-0.05, 0) is 71.3 Å². The number of hydrogen-bond acceptors (Lipinski definition) is 3. The highest BCUT2D eigenvalue weighted by atomic mass is 15.0. The molecule has 0 saturated carbocycles. The van der Waals surface area contributed by atoms with Crippen molar-refractivity contribution in [1.82, 2.24) is 24.1 Å². The van der Waals surface area contributed by atoms with E-state index in [4.69, 9.17) is 15.0 Å². The van der Waals surface area contributed by atoms with Crippen LogP contribution in [-0.2, 0) is 0 Å². The maximum Gasteiger partial charge on any atom is 0.164 e. The first-order valence-corrected chi connectivity index (χ1v) is 21.0. The number of aromatic nitrogens is 5. The van der Waals surface area contributed by atoms with E-state index < -0.39 is 0 Å². The Morgan fingerprint density at radius 3 is 1.35 bits per heavy atom. The summed E-state index contributed by atoms with van der Waals surface area (Å²) < 4.78 is 4.89. The second kappa shape index (κ2) is 14.7. The molecule has 0 bridgehead atoms. The van der Waals surface area contributed by atoms with Gasteiger partial charge in [-0.25, -0.2) is 15.0 Å². The molecule has 0 aliphatic carbocycles. The summed E-state index contributed by atoms with van der Waals surface area (Å²) >= 11 is 0. The largest absolute Gasteiger partial charge is 0.309 e. The summed E-state index contributed by atoms with van der Waals surface area (Å²) in [6.45, 7) is 0. The van der Waals surface area contributed by atoms with Crippen LogP contribution in [0.1, 0.15) is 0 Å². The van der Waals surface area contributed by atoms with E-state index in [2.05, 4.69) is 173 Å². The second-order valence-electron chi connectivity index (χ2n) is 15.6. The normalized spacial score (nSPS) is 11.5.